The van der Waals surface area contributed by atoms with Crippen LogP contribution >= 0.6 is 11.8 Å². The topological polar surface area (TPSA) is 12.0 Å². The molecule has 1 fully saturated rings. The molecule has 0 radical (unpaired) electrons. The summed E-state index contributed by atoms with van der Waals surface area (Å²) in [6.45, 7) is 2.28. The van der Waals surface area contributed by atoms with E-state index in [1.807, 2.05) is 0 Å². The van der Waals surface area contributed by atoms with E-state index < -0.39 is 0 Å². The van der Waals surface area contributed by atoms with Crippen LogP contribution in [0.15, 0.2) is 0 Å². The predicted molar refractivity (Wildman–Crippen MR) is 48.6 cm³/mol. The van der Waals surface area contributed by atoms with Crippen molar-refractivity contribution in [2.45, 2.75) is 37.5 Å². The minimum atomic E-state index is 0.699. The van der Waals surface area contributed by atoms with Crippen molar-refractivity contribution in [2.75, 3.05) is 12.8 Å². The van der Waals surface area contributed by atoms with Gasteiger partial charge >= 0.3 is 0 Å². The lowest BCUT2D eigenvalue weighted by Crippen LogP contribution is -2.34. The molecule has 0 aromatic carbocycles. The Morgan fingerprint density at radius 3 is 2.80 bits per heavy atom. The van der Waals surface area contributed by atoms with Gasteiger partial charge in [0.15, 0.2) is 0 Å². The van der Waals surface area contributed by atoms with Crippen LogP contribution < -0.4 is 5.32 Å². The molecule has 0 amide bonds. The summed E-state index contributed by atoms with van der Waals surface area (Å²) in [5, 5.41) is 4.19. The molecular weight excluding hydrogens is 142 g/mol. The first-order valence-corrected chi connectivity index (χ1v) is 5.18. The van der Waals surface area contributed by atoms with Crippen molar-refractivity contribution < 1.29 is 0 Å². The lowest BCUT2D eigenvalue weighted by Gasteiger charge is -2.26. The molecule has 2 atom stereocenters. The first-order valence-electron chi connectivity index (χ1n) is 4.13. The molecule has 2 unspecified atom stereocenters. The SMILES string of the molecule is CNC(C)C1CCCCS1. The summed E-state index contributed by atoms with van der Waals surface area (Å²) in [6.07, 6.45) is 4.27. The van der Waals surface area contributed by atoms with Crippen LogP contribution in [-0.2, 0) is 0 Å². The fourth-order valence-corrected chi connectivity index (χ4v) is 2.78. The Morgan fingerprint density at radius 2 is 2.30 bits per heavy atom. The average Bonchev–Trinajstić information content (AvgIpc) is 2.05. The van der Waals surface area contributed by atoms with E-state index in [9.17, 15) is 0 Å². The minimum absolute atomic E-state index is 0.699. The van der Waals surface area contributed by atoms with Gasteiger partial charge in [0.1, 0.15) is 0 Å². The van der Waals surface area contributed by atoms with E-state index in [4.69, 9.17) is 0 Å². The van der Waals surface area contributed by atoms with E-state index in [1.54, 1.807) is 0 Å². The second kappa shape index (κ2) is 4.24. The van der Waals surface area contributed by atoms with Crippen molar-refractivity contribution in [1.29, 1.82) is 0 Å². The molecule has 0 aliphatic carbocycles. The van der Waals surface area contributed by atoms with Crippen molar-refractivity contribution in [2.24, 2.45) is 0 Å². The van der Waals surface area contributed by atoms with Crippen LogP contribution in [0, 0.1) is 0 Å². The molecule has 2 heteroatoms. The second-order valence-corrected chi connectivity index (χ2v) is 4.33. The number of thioether (sulfide) groups is 1. The van der Waals surface area contributed by atoms with Crippen molar-refractivity contribution >= 4 is 11.8 Å². The fraction of sp³-hybridized carbons (Fsp3) is 1.00. The fourth-order valence-electron chi connectivity index (χ4n) is 1.35. The van der Waals surface area contributed by atoms with Crippen LogP contribution in [0.25, 0.3) is 0 Å². The highest BCUT2D eigenvalue weighted by Gasteiger charge is 2.18. The van der Waals surface area contributed by atoms with Gasteiger partial charge in [-0.15, -0.1) is 0 Å². The zero-order valence-corrected chi connectivity index (χ0v) is 7.71. The monoisotopic (exact) mass is 159 g/mol. The van der Waals surface area contributed by atoms with Gasteiger partial charge < -0.3 is 5.32 Å². The highest BCUT2D eigenvalue weighted by molar-refractivity contribution is 8.00. The third-order valence-corrected chi connectivity index (χ3v) is 3.82. The smallest absolute Gasteiger partial charge is 0.0198 e. The largest absolute Gasteiger partial charge is 0.316 e. The zero-order valence-electron chi connectivity index (χ0n) is 6.89. The lowest BCUT2D eigenvalue weighted by molar-refractivity contribution is 0.529. The van der Waals surface area contributed by atoms with Crippen molar-refractivity contribution in [1.82, 2.24) is 5.32 Å². The summed E-state index contributed by atoms with van der Waals surface area (Å²) in [6, 6.07) is 0.699. The molecule has 10 heavy (non-hydrogen) atoms. The molecule has 1 aliphatic heterocycles. The Balaban J connectivity index is 2.24. The first kappa shape index (κ1) is 8.41. The molecule has 1 heterocycles. The predicted octanol–water partition coefficient (Wildman–Crippen LogP) is 1.88. The Labute approximate surface area is 68.0 Å². The van der Waals surface area contributed by atoms with Gasteiger partial charge in [-0.3, -0.25) is 0 Å². The molecule has 0 spiro atoms. The zero-order chi connectivity index (χ0) is 7.40. The van der Waals surface area contributed by atoms with E-state index >= 15 is 0 Å². The average molecular weight is 159 g/mol. The summed E-state index contributed by atoms with van der Waals surface area (Å²) in [7, 11) is 2.06. The van der Waals surface area contributed by atoms with E-state index in [0.717, 1.165) is 5.25 Å². The minimum Gasteiger partial charge on any atom is -0.316 e. The van der Waals surface area contributed by atoms with Gasteiger partial charge in [-0.2, -0.15) is 11.8 Å². The van der Waals surface area contributed by atoms with Crippen LogP contribution in [0.3, 0.4) is 0 Å². The second-order valence-electron chi connectivity index (χ2n) is 2.98. The molecule has 1 saturated heterocycles. The van der Waals surface area contributed by atoms with Gasteiger partial charge in [0.25, 0.3) is 0 Å². The number of hydrogen-bond donors (Lipinski definition) is 1. The van der Waals surface area contributed by atoms with E-state index in [2.05, 4.69) is 31.1 Å². The van der Waals surface area contributed by atoms with Gasteiger partial charge in [0.05, 0.1) is 0 Å². The summed E-state index contributed by atoms with van der Waals surface area (Å²) >= 11 is 2.13. The highest BCUT2D eigenvalue weighted by atomic mass is 32.2. The quantitative estimate of drug-likeness (QED) is 0.660. The molecule has 1 nitrogen and oxygen atoms in total. The molecule has 0 bridgehead atoms. The summed E-state index contributed by atoms with van der Waals surface area (Å²) in [4.78, 5) is 0. The molecule has 60 valence electrons. The van der Waals surface area contributed by atoms with Crippen LogP contribution in [0.1, 0.15) is 26.2 Å². The maximum absolute atomic E-state index is 3.31. The summed E-state index contributed by atoms with van der Waals surface area (Å²) in [5.41, 5.74) is 0. The molecule has 0 aromatic heterocycles. The van der Waals surface area contributed by atoms with Crippen LogP contribution in [0.2, 0.25) is 0 Å². The van der Waals surface area contributed by atoms with Crippen LogP contribution in [0.4, 0.5) is 0 Å². The van der Waals surface area contributed by atoms with Crippen molar-refractivity contribution in [3.8, 4) is 0 Å². The standard InChI is InChI=1S/C8H17NS/c1-7(9-2)8-5-3-4-6-10-8/h7-9H,3-6H2,1-2H3. The van der Waals surface area contributed by atoms with Gasteiger partial charge in [-0.05, 0) is 32.6 Å². The normalized spacial score (nSPS) is 30.0. The molecule has 1 N–H and O–H groups in total. The van der Waals surface area contributed by atoms with Gasteiger partial charge in [-0.25, -0.2) is 0 Å². The number of hydrogen-bond acceptors (Lipinski definition) is 2. The van der Waals surface area contributed by atoms with Crippen molar-refractivity contribution in [3.63, 3.8) is 0 Å². The molecule has 0 saturated carbocycles. The third-order valence-electron chi connectivity index (χ3n) is 2.23. The van der Waals surface area contributed by atoms with Gasteiger partial charge in [-0.1, -0.05) is 6.42 Å². The summed E-state index contributed by atoms with van der Waals surface area (Å²) < 4.78 is 0. The van der Waals surface area contributed by atoms with E-state index in [1.165, 1.54) is 25.0 Å². The van der Waals surface area contributed by atoms with Crippen molar-refractivity contribution in [3.05, 3.63) is 0 Å². The van der Waals surface area contributed by atoms with Gasteiger partial charge in [0.2, 0.25) is 0 Å². The van der Waals surface area contributed by atoms with Gasteiger partial charge in [0, 0.05) is 11.3 Å². The Morgan fingerprint density at radius 1 is 1.50 bits per heavy atom. The van der Waals surface area contributed by atoms with Crippen LogP contribution in [-0.4, -0.2) is 24.1 Å². The molecule has 1 aliphatic rings. The Kier molecular flexibility index (Phi) is 3.57. The maximum atomic E-state index is 3.31. The van der Waals surface area contributed by atoms with Crippen LogP contribution in [0.5, 0.6) is 0 Å². The number of nitrogens with one attached hydrogen (secondary N) is 1. The molecule has 1 rings (SSSR count). The third kappa shape index (κ3) is 2.17. The summed E-state index contributed by atoms with van der Waals surface area (Å²) in [5.74, 6) is 1.37. The number of rotatable bonds is 2. The Hall–Kier alpha value is 0.310. The lowest BCUT2D eigenvalue weighted by atomic mass is 10.1. The molecular formula is C8H17NS. The first-order chi connectivity index (χ1) is 4.84. The molecule has 0 aromatic rings. The van der Waals surface area contributed by atoms with E-state index in [-0.39, 0.29) is 0 Å². The highest BCUT2D eigenvalue weighted by Crippen LogP contribution is 2.27. The Bertz CT molecular complexity index is 89.3. The van der Waals surface area contributed by atoms with E-state index in [0.29, 0.717) is 6.04 Å². The maximum Gasteiger partial charge on any atom is 0.0198 e.